The average Bonchev–Trinajstić information content (AvgIpc) is 2.85. The number of nitrogens with one attached hydrogen (secondary N) is 1. The van der Waals surface area contributed by atoms with Crippen LogP contribution in [0.25, 0.3) is 10.9 Å². The summed E-state index contributed by atoms with van der Waals surface area (Å²) in [7, 11) is -2.36. The zero-order valence-electron chi connectivity index (χ0n) is 19.5. The van der Waals surface area contributed by atoms with Gasteiger partial charge < -0.3 is 9.72 Å². The van der Waals surface area contributed by atoms with Crippen molar-refractivity contribution in [3.8, 4) is 5.75 Å². The van der Waals surface area contributed by atoms with Crippen LogP contribution in [0.15, 0.2) is 82.5 Å². The van der Waals surface area contributed by atoms with E-state index in [0.717, 1.165) is 34.0 Å². The summed E-state index contributed by atoms with van der Waals surface area (Å²) in [5.41, 5.74) is 3.90. The lowest BCUT2D eigenvalue weighted by molar-refractivity contribution is 0.399. The first-order chi connectivity index (χ1) is 16.3. The van der Waals surface area contributed by atoms with E-state index in [1.165, 1.54) is 23.5 Å². The number of ether oxygens (including phenoxy) is 1. The zero-order chi connectivity index (χ0) is 24.3. The van der Waals surface area contributed by atoms with E-state index in [0.29, 0.717) is 11.3 Å². The number of hydrogen-bond donors (Lipinski definition) is 1. The molecule has 0 fully saturated rings. The smallest absolute Gasteiger partial charge is 0.252 e. The number of nitrogens with zero attached hydrogens (tertiary/aromatic N) is 1. The number of aromatic nitrogens is 1. The molecule has 0 saturated carbocycles. The Kier molecular flexibility index (Phi) is 6.86. The molecule has 0 amide bonds. The molecule has 0 aliphatic rings. The highest BCUT2D eigenvalue weighted by Gasteiger charge is 2.26. The maximum absolute atomic E-state index is 13.7. The predicted octanol–water partition coefficient (Wildman–Crippen LogP) is 4.80. The van der Waals surface area contributed by atoms with Crippen LogP contribution in [0.5, 0.6) is 5.75 Å². The molecule has 1 heterocycles. The normalized spacial score (nSPS) is 11.8. The molecule has 0 aliphatic heterocycles. The Hall–Kier alpha value is -3.42. The zero-order valence-corrected chi connectivity index (χ0v) is 20.4. The molecule has 0 saturated heterocycles. The fourth-order valence-electron chi connectivity index (χ4n) is 3.85. The van der Waals surface area contributed by atoms with Crippen molar-refractivity contribution in [2.45, 2.75) is 38.3 Å². The van der Waals surface area contributed by atoms with E-state index in [4.69, 9.17) is 4.74 Å². The summed E-state index contributed by atoms with van der Waals surface area (Å²) < 4.78 is 33.8. The number of aromatic amines is 1. The number of sulfonamides is 1. The standard InChI is InChI=1S/C27H28N2O4S/c1-4-20-9-14-26-22(15-20)16-23(27(30)28-26)18-29(17-21-7-5-19(2)6-8-21)34(31,32)25-12-10-24(33-3)11-13-25/h5-16H,4,17-18H2,1-3H3,(H,28,30). The van der Waals surface area contributed by atoms with Gasteiger partial charge in [-0.3, -0.25) is 4.79 Å². The topological polar surface area (TPSA) is 79.5 Å². The molecule has 0 bridgehead atoms. The molecule has 0 unspecified atom stereocenters. The molecular formula is C27H28N2O4S. The summed E-state index contributed by atoms with van der Waals surface area (Å²) in [5, 5.41) is 0.881. The van der Waals surface area contributed by atoms with Crippen LogP contribution in [0, 0.1) is 6.92 Å². The number of rotatable bonds is 8. The lowest BCUT2D eigenvalue weighted by Gasteiger charge is -2.23. The summed E-state index contributed by atoms with van der Waals surface area (Å²) in [5.74, 6) is 0.571. The summed E-state index contributed by atoms with van der Waals surface area (Å²) in [6.45, 7) is 4.14. The Labute approximate surface area is 199 Å². The second-order valence-electron chi connectivity index (χ2n) is 8.33. The molecule has 7 heteroatoms. The molecule has 0 atom stereocenters. The first-order valence-electron chi connectivity index (χ1n) is 11.1. The van der Waals surface area contributed by atoms with Crippen molar-refractivity contribution in [3.05, 3.63) is 105 Å². The lowest BCUT2D eigenvalue weighted by atomic mass is 10.1. The van der Waals surface area contributed by atoms with Gasteiger partial charge in [0.25, 0.3) is 5.56 Å². The van der Waals surface area contributed by atoms with Gasteiger partial charge in [0, 0.05) is 24.2 Å². The first kappa shape index (κ1) is 23.7. The highest BCUT2D eigenvalue weighted by atomic mass is 32.2. The van der Waals surface area contributed by atoms with Gasteiger partial charge in [-0.05, 0) is 72.3 Å². The molecule has 3 aromatic carbocycles. The molecular weight excluding hydrogens is 448 g/mol. The average molecular weight is 477 g/mol. The number of fused-ring (bicyclic) bond motifs is 1. The van der Waals surface area contributed by atoms with Gasteiger partial charge >= 0.3 is 0 Å². The maximum Gasteiger partial charge on any atom is 0.252 e. The number of aryl methyl sites for hydroxylation is 2. The highest BCUT2D eigenvalue weighted by Crippen LogP contribution is 2.24. The van der Waals surface area contributed by atoms with E-state index >= 15 is 0 Å². The van der Waals surface area contributed by atoms with Crippen LogP contribution in [0.4, 0.5) is 0 Å². The van der Waals surface area contributed by atoms with Crippen LogP contribution >= 0.6 is 0 Å². The Morgan fingerprint density at radius 3 is 2.21 bits per heavy atom. The fourth-order valence-corrected chi connectivity index (χ4v) is 5.25. The van der Waals surface area contributed by atoms with Gasteiger partial charge in [-0.15, -0.1) is 0 Å². The molecule has 0 spiro atoms. The maximum atomic E-state index is 13.7. The van der Waals surface area contributed by atoms with Crippen molar-refractivity contribution in [2.24, 2.45) is 0 Å². The number of benzene rings is 3. The first-order valence-corrected chi connectivity index (χ1v) is 12.6. The summed E-state index contributed by atoms with van der Waals surface area (Å²) >= 11 is 0. The van der Waals surface area contributed by atoms with Crippen LogP contribution in [0.1, 0.15) is 29.2 Å². The molecule has 6 nitrogen and oxygen atoms in total. The highest BCUT2D eigenvalue weighted by molar-refractivity contribution is 7.89. The summed E-state index contributed by atoms with van der Waals surface area (Å²) in [4.78, 5) is 15.9. The van der Waals surface area contributed by atoms with E-state index in [1.54, 1.807) is 18.2 Å². The van der Waals surface area contributed by atoms with Crippen LogP contribution < -0.4 is 10.3 Å². The van der Waals surface area contributed by atoms with Crippen LogP contribution in [0.2, 0.25) is 0 Å². The van der Waals surface area contributed by atoms with Crippen LogP contribution in [0.3, 0.4) is 0 Å². The Morgan fingerprint density at radius 2 is 1.56 bits per heavy atom. The second-order valence-corrected chi connectivity index (χ2v) is 10.3. The van der Waals surface area contributed by atoms with Crippen molar-refractivity contribution < 1.29 is 13.2 Å². The van der Waals surface area contributed by atoms with E-state index < -0.39 is 10.0 Å². The van der Waals surface area contributed by atoms with Crippen molar-refractivity contribution in [2.75, 3.05) is 7.11 Å². The van der Waals surface area contributed by atoms with E-state index in [9.17, 15) is 13.2 Å². The third-order valence-corrected chi connectivity index (χ3v) is 7.72. The van der Waals surface area contributed by atoms with Gasteiger partial charge in [0.1, 0.15) is 5.75 Å². The van der Waals surface area contributed by atoms with Gasteiger partial charge in [-0.25, -0.2) is 8.42 Å². The largest absolute Gasteiger partial charge is 0.497 e. The molecule has 1 N–H and O–H groups in total. The van der Waals surface area contributed by atoms with Crippen molar-refractivity contribution >= 4 is 20.9 Å². The molecule has 176 valence electrons. The summed E-state index contributed by atoms with van der Waals surface area (Å²) in [6.07, 6.45) is 0.871. The van der Waals surface area contributed by atoms with Gasteiger partial charge in [0.15, 0.2) is 0 Å². The summed E-state index contributed by atoms with van der Waals surface area (Å²) in [6, 6.07) is 21.7. The third-order valence-electron chi connectivity index (χ3n) is 5.92. The molecule has 4 aromatic rings. The van der Waals surface area contributed by atoms with Crippen molar-refractivity contribution in [1.29, 1.82) is 0 Å². The number of H-pyrrole nitrogens is 1. The number of pyridine rings is 1. The Bertz CT molecular complexity index is 1460. The second kappa shape index (κ2) is 9.83. The molecule has 34 heavy (non-hydrogen) atoms. The molecule has 0 radical (unpaired) electrons. The van der Waals surface area contributed by atoms with Gasteiger partial charge in [-0.2, -0.15) is 4.31 Å². The number of hydrogen-bond acceptors (Lipinski definition) is 4. The van der Waals surface area contributed by atoms with Gasteiger partial charge in [-0.1, -0.05) is 42.8 Å². The minimum atomic E-state index is -3.89. The SMILES string of the molecule is CCc1ccc2[nH]c(=O)c(CN(Cc3ccc(C)cc3)S(=O)(=O)c3ccc(OC)cc3)cc2c1. The monoisotopic (exact) mass is 476 g/mol. The minimum absolute atomic E-state index is 0.0517. The predicted molar refractivity (Wildman–Crippen MR) is 135 cm³/mol. The quantitative estimate of drug-likeness (QED) is 0.396. The third kappa shape index (κ3) is 5.05. The van der Waals surface area contributed by atoms with Crippen LogP contribution in [-0.2, 0) is 29.5 Å². The van der Waals surface area contributed by atoms with Crippen molar-refractivity contribution in [3.63, 3.8) is 0 Å². The molecule has 1 aromatic heterocycles. The van der Waals surface area contributed by atoms with E-state index in [-0.39, 0.29) is 23.5 Å². The minimum Gasteiger partial charge on any atom is -0.497 e. The Balaban J connectivity index is 1.76. The van der Waals surface area contributed by atoms with Gasteiger partial charge in [0.2, 0.25) is 10.0 Å². The van der Waals surface area contributed by atoms with E-state index in [1.807, 2.05) is 49.4 Å². The fraction of sp³-hybridized carbons (Fsp3) is 0.222. The lowest BCUT2D eigenvalue weighted by Crippen LogP contribution is -2.32. The van der Waals surface area contributed by atoms with Crippen LogP contribution in [-0.4, -0.2) is 24.8 Å². The Morgan fingerprint density at radius 1 is 0.882 bits per heavy atom. The van der Waals surface area contributed by atoms with Crippen molar-refractivity contribution in [1.82, 2.24) is 9.29 Å². The van der Waals surface area contributed by atoms with Gasteiger partial charge in [0.05, 0.1) is 12.0 Å². The van der Waals surface area contributed by atoms with E-state index in [2.05, 4.69) is 11.9 Å². The molecule has 0 aliphatic carbocycles. The number of methoxy groups -OCH3 is 1. The molecule has 4 rings (SSSR count).